The van der Waals surface area contributed by atoms with Gasteiger partial charge in [-0.05, 0) is 30.7 Å². The molecular weight excluding hydrogens is 211 g/mol. The quantitative estimate of drug-likeness (QED) is 0.622. The zero-order valence-electron chi connectivity index (χ0n) is 8.53. The number of aromatic amines is 1. The number of carbonyl (C=O) groups excluding carboxylic acids is 1. The molecule has 0 unspecified atom stereocenters. The maximum atomic E-state index is 13.3. The van der Waals surface area contributed by atoms with Gasteiger partial charge in [0.25, 0.3) is 0 Å². The van der Waals surface area contributed by atoms with Crippen LogP contribution in [0.4, 0.5) is 4.39 Å². The van der Waals surface area contributed by atoms with Crippen LogP contribution in [-0.2, 0) is 0 Å². The van der Waals surface area contributed by atoms with Crippen LogP contribution in [0.1, 0.15) is 16.1 Å². The third-order valence-corrected chi connectivity index (χ3v) is 2.01. The van der Waals surface area contributed by atoms with Gasteiger partial charge in [0.1, 0.15) is 5.69 Å². The van der Waals surface area contributed by atoms with Crippen LogP contribution < -0.4 is 4.74 Å². The molecule has 0 aliphatic carbocycles. The minimum absolute atomic E-state index is 0.0924. The van der Waals surface area contributed by atoms with E-state index in [1.165, 1.54) is 24.4 Å². The summed E-state index contributed by atoms with van der Waals surface area (Å²) in [5, 5.41) is 6.04. The average Bonchev–Trinajstić information content (AvgIpc) is 2.75. The van der Waals surface area contributed by atoms with E-state index in [-0.39, 0.29) is 11.4 Å². The van der Waals surface area contributed by atoms with Gasteiger partial charge < -0.3 is 4.74 Å². The van der Waals surface area contributed by atoms with Gasteiger partial charge in [-0.2, -0.15) is 5.10 Å². The van der Waals surface area contributed by atoms with Crippen molar-refractivity contribution >= 4 is 5.97 Å². The normalized spacial score (nSPS) is 10.1. The molecule has 0 fully saturated rings. The van der Waals surface area contributed by atoms with Gasteiger partial charge in [-0.15, -0.1) is 0 Å². The van der Waals surface area contributed by atoms with E-state index in [1.54, 1.807) is 13.0 Å². The Hall–Kier alpha value is -2.17. The fourth-order valence-corrected chi connectivity index (χ4v) is 1.21. The van der Waals surface area contributed by atoms with Crippen LogP contribution in [0.5, 0.6) is 5.75 Å². The van der Waals surface area contributed by atoms with Crippen LogP contribution >= 0.6 is 0 Å². The number of rotatable bonds is 2. The number of ether oxygens (including phenoxy) is 1. The molecule has 2 aromatic rings. The monoisotopic (exact) mass is 220 g/mol. The SMILES string of the molecule is Cc1ccc(OC(=O)c2ccn[nH]2)c(F)c1. The fraction of sp³-hybridized carbons (Fsp3) is 0.0909. The number of hydrogen-bond acceptors (Lipinski definition) is 3. The lowest BCUT2D eigenvalue weighted by atomic mass is 10.2. The molecule has 0 aliphatic heterocycles. The molecule has 1 N–H and O–H groups in total. The first-order valence-corrected chi connectivity index (χ1v) is 4.64. The summed E-state index contributed by atoms with van der Waals surface area (Å²) in [5.74, 6) is -1.32. The van der Waals surface area contributed by atoms with Crippen molar-refractivity contribution in [2.75, 3.05) is 0 Å². The molecule has 4 nitrogen and oxygen atoms in total. The van der Waals surface area contributed by atoms with Gasteiger partial charge in [0.05, 0.1) is 0 Å². The zero-order valence-corrected chi connectivity index (χ0v) is 8.53. The van der Waals surface area contributed by atoms with E-state index in [9.17, 15) is 9.18 Å². The lowest BCUT2D eigenvalue weighted by molar-refractivity contribution is 0.0721. The second-order valence-electron chi connectivity index (χ2n) is 3.29. The van der Waals surface area contributed by atoms with Crippen LogP contribution in [0.15, 0.2) is 30.5 Å². The number of halogens is 1. The van der Waals surface area contributed by atoms with Crippen molar-refractivity contribution in [1.82, 2.24) is 10.2 Å². The van der Waals surface area contributed by atoms with E-state index in [4.69, 9.17) is 4.74 Å². The predicted molar refractivity (Wildman–Crippen MR) is 54.7 cm³/mol. The number of esters is 1. The standard InChI is InChI=1S/C11H9FN2O2/c1-7-2-3-10(8(12)6-7)16-11(15)9-4-5-13-14-9/h2-6H,1H3,(H,13,14). The van der Waals surface area contributed by atoms with Crippen molar-refractivity contribution in [3.05, 3.63) is 47.5 Å². The third-order valence-electron chi connectivity index (χ3n) is 2.01. The smallest absolute Gasteiger partial charge is 0.361 e. The Morgan fingerprint density at radius 1 is 1.44 bits per heavy atom. The van der Waals surface area contributed by atoms with Crippen molar-refractivity contribution in [1.29, 1.82) is 0 Å². The molecule has 0 bridgehead atoms. The van der Waals surface area contributed by atoms with Crippen molar-refractivity contribution < 1.29 is 13.9 Å². The van der Waals surface area contributed by atoms with Gasteiger partial charge in [0.2, 0.25) is 0 Å². The number of H-pyrrole nitrogens is 1. The highest BCUT2D eigenvalue weighted by Gasteiger charge is 2.12. The van der Waals surface area contributed by atoms with Crippen LogP contribution in [0.2, 0.25) is 0 Å². The van der Waals surface area contributed by atoms with Gasteiger partial charge >= 0.3 is 5.97 Å². The second-order valence-corrected chi connectivity index (χ2v) is 3.29. The summed E-state index contributed by atoms with van der Waals surface area (Å²) in [7, 11) is 0. The van der Waals surface area contributed by atoms with E-state index in [1.807, 2.05) is 0 Å². The second kappa shape index (κ2) is 4.14. The van der Waals surface area contributed by atoms with Crippen LogP contribution in [0.25, 0.3) is 0 Å². The molecule has 1 aromatic carbocycles. The van der Waals surface area contributed by atoms with Crippen LogP contribution in [-0.4, -0.2) is 16.2 Å². The van der Waals surface area contributed by atoms with E-state index >= 15 is 0 Å². The highest BCUT2D eigenvalue weighted by atomic mass is 19.1. The molecule has 2 rings (SSSR count). The fourth-order valence-electron chi connectivity index (χ4n) is 1.21. The van der Waals surface area contributed by atoms with Crippen molar-refractivity contribution in [3.8, 4) is 5.75 Å². The minimum atomic E-state index is -0.666. The topological polar surface area (TPSA) is 55.0 Å². The van der Waals surface area contributed by atoms with Gasteiger partial charge in [0.15, 0.2) is 11.6 Å². The summed E-state index contributed by atoms with van der Waals surface area (Å²) >= 11 is 0. The molecule has 0 radical (unpaired) electrons. The Kier molecular flexibility index (Phi) is 2.68. The van der Waals surface area contributed by atoms with Crippen molar-refractivity contribution in [2.45, 2.75) is 6.92 Å². The van der Waals surface area contributed by atoms with Crippen LogP contribution in [0.3, 0.4) is 0 Å². The highest BCUT2D eigenvalue weighted by Crippen LogP contribution is 2.18. The molecule has 0 atom stereocenters. The van der Waals surface area contributed by atoms with Gasteiger partial charge in [-0.1, -0.05) is 6.07 Å². The summed E-state index contributed by atoms with van der Waals surface area (Å²) in [5.41, 5.74) is 0.943. The lowest BCUT2D eigenvalue weighted by Crippen LogP contribution is -2.10. The number of aryl methyl sites for hydroxylation is 1. The van der Waals surface area contributed by atoms with E-state index in [0.29, 0.717) is 0 Å². The number of nitrogens with zero attached hydrogens (tertiary/aromatic N) is 1. The van der Waals surface area contributed by atoms with E-state index < -0.39 is 11.8 Å². The minimum Gasteiger partial charge on any atom is -0.419 e. The number of hydrogen-bond donors (Lipinski definition) is 1. The molecule has 82 valence electrons. The summed E-state index contributed by atoms with van der Waals surface area (Å²) in [6.07, 6.45) is 1.42. The Balaban J connectivity index is 2.18. The first kappa shape index (κ1) is 10.4. The van der Waals surface area contributed by atoms with Crippen molar-refractivity contribution in [3.63, 3.8) is 0 Å². The zero-order chi connectivity index (χ0) is 11.5. The van der Waals surface area contributed by atoms with E-state index in [0.717, 1.165) is 5.56 Å². The van der Waals surface area contributed by atoms with Gasteiger partial charge in [-0.3, -0.25) is 5.10 Å². The lowest BCUT2D eigenvalue weighted by Gasteiger charge is -2.04. The molecule has 5 heteroatoms. The molecule has 0 spiro atoms. The Morgan fingerprint density at radius 2 is 2.25 bits per heavy atom. The number of nitrogens with one attached hydrogen (secondary N) is 1. The third kappa shape index (κ3) is 2.08. The molecule has 0 saturated carbocycles. The van der Waals surface area contributed by atoms with Gasteiger partial charge in [0, 0.05) is 6.20 Å². The van der Waals surface area contributed by atoms with Gasteiger partial charge in [-0.25, -0.2) is 9.18 Å². The summed E-state index contributed by atoms with van der Waals surface area (Å²) in [6.45, 7) is 1.75. The number of benzene rings is 1. The Labute approximate surface area is 91.1 Å². The Bertz CT molecular complexity index is 509. The molecule has 16 heavy (non-hydrogen) atoms. The Morgan fingerprint density at radius 3 is 2.88 bits per heavy atom. The van der Waals surface area contributed by atoms with E-state index in [2.05, 4.69) is 10.2 Å². The molecular formula is C11H9FN2O2. The predicted octanol–water partition coefficient (Wildman–Crippen LogP) is 2.08. The molecule has 1 aromatic heterocycles. The van der Waals surface area contributed by atoms with Crippen molar-refractivity contribution in [2.24, 2.45) is 0 Å². The first-order valence-electron chi connectivity index (χ1n) is 4.64. The maximum absolute atomic E-state index is 13.3. The summed E-state index contributed by atoms with van der Waals surface area (Å²) < 4.78 is 18.2. The number of carbonyl (C=O) groups is 1. The summed E-state index contributed by atoms with van der Waals surface area (Å²) in [6, 6.07) is 5.83. The number of aromatic nitrogens is 2. The van der Waals surface area contributed by atoms with Crippen LogP contribution in [0, 0.1) is 12.7 Å². The molecule has 1 heterocycles. The molecule has 0 aliphatic rings. The first-order chi connectivity index (χ1) is 7.66. The highest BCUT2D eigenvalue weighted by molar-refractivity contribution is 5.88. The molecule has 0 saturated heterocycles. The maximum Gasteiger partial charge on any atom is 0.361 e. The average molecular weight is 220 g/mol. The summed E-state index contributed by atoms with van der Waals surface area (Å²) in [4.78, 5) is 11.5. The largest absolute Gasteiger partial charge is 0.419 e. The molecule has 0 amide bonds.